The second kappa shape index (κ2) is 2.39. The van der Waals surface area contributed by atoms with E-state index in [4.69, 9.17) is 4.52 Å². The zero-order valence-corrected chi connectivity index (χ0v) is 6.35. The van der Waals surface area contributed by atoms with Gasteiger partial charge in [-0.1, -0.05) is 6.07 Å². The lowest BCUT2D eigenvalue weighted by atomic mass is 10.4. The highest BCUT2D eigenvalue weighted by molar-refractivity contribution is 7.13. The van der Waals surface area contributed by atoms with Crippen molar-refractivity contribution in [3.8, 4) is 10.6 Å². The highest BCUT2D eigenvalue weighted by atomic mass is 32.1. The molecule has 11 heavy (non-hydrogen) atoms. The van der Waals surface area contributed by atoms with E-state index in [-0.39, 0.29) is 5.56 Å². The van der Waals surface area contributed by atoms with E-state index in [1.54, 1.807) is 0 Å². The van der Waals surface area contributed by atoms with E-state index in [2.05, 4.69) is 5.16 Å². The highest BCUT2D eigenvalue weighted by Gasteiger charge is 2.02. The molecule has 0 fully saturated rings. The molecule has 0 bridgehead atoms. The molecule has 3 nitrogen and oxygen atoms in total. The molecule has 4 heteroatoms. The third-order valence-corrected chi connectivity index (χ3v) is 2.17. The third-order valence-electron chi connectivity index (χ3n) is 1.29. The molecule has 56 valence electrons. The van der Waals surface area contributed by atoms with Crippen molar-refractivity contribution in [1.82, 2.24) is 5.16 Å². The van der Waals surface area contributed by atoms with Gasteiger partial charge in [0.1, 0.15) is 0 Å². The summed E-state index contributed by atoms with van der Waals surface area (Å²) < 4.78 is 4.88. The minimum atomic E-state index is -0.201. The molecule has 0 radical (unpaired) electrons. The van der Waals surface area contributed by atoms with Gasteiger partial charge >= 0.3 is 0 Å². The van der Waals surface area contributed by atoms with E-state index >= 15 is 0 Å². The van der Waals surface area contributed by atoms with E-state index in [0.29, 0.717) is 5.76 Å². The molecular weight excluding hydrogens is 162 g/mol. The van der Waals surface area contributed by atoms with Crippen LogP contribution in [0.5, 0.6) is 0 Å². The van der Waals surface area contributed by atoms with E-state index in [1.165, 1.54) is 17.4 Å². The molecule has 2 aromatic rings. The van der Waals surface area contributed by atoms with Crippen molar-refractivity contribution < 1.29 is 4.52 Å². The minimum Gasteiger partial charge on any atom is -0.378 e. The quantitative estimate of drug-likeness (QED) is 0.702. The van der Waals surface area contributed by atoms with Gasteiger partial charge in [0.15, 0.2) is 5.76 Å². The first-order valence-corrected chi connectivity index (χ1v) is 3.96. The fourth-order valence-electron chi connectivity index (χ4n) is 0.823. The Morgan fingerprint density at radius 2 is 2.45 bits per heavy atom. The average Bonchev–Trinajstić information content (AvgIpc) is 2.55. The largest absolute Gasteiger partial charge is 0.378 e. The number of hydrogen-bond donors (Lipinski definition) is 1. The lowest BCUT2D eigenvalue weighted by molar-refractivity contribution is 0.426. The van der Waals surface area contributed by atoms with E-state index in [9.17, 15) is 4.79 Å². The molecule has 0 aliphatic heterocycles. The summed E-state index contributed by atoms with van der Waals surface area (Å²) in [5.41, 5.74) is -0.201. The summed E-state index contributed by atoms with van der Waals surface area (Å²) >= 11 is 1.54. The Labute approximate surface area is 66.3 Å². The molecule has 1 N–H and O–H groups in total. The zero-order chi connectivity index (χ0) is 7.68. The van der Waals surface area contributed by atoms with E-state index in [0.717, 1.165) is 4.88 Å². The maximum atomic E-state index is 10.6. The number of aromatic amines is 1. The zero-order valence-electron chi connectivity index (χ0n) is 5.53. The van der Waals surface area contributed by atoms with Gasteiger partial charge in [0.2, 0.25) is 0 Å². The number of aromatic nitrogens is 1. The van der Waals surface area contributed by atoms with Crippen LogP contribution in [-0.4, -0.2) is 5.16 Å². The van der Waals surface area contributed by atoms with Crippen molar-refractivity contribution in [2.45, 2.75) is 0 Å². The van der Waals surface area contributed by atoms with Crippen LogP contribution in [0.4, 0.5) is 0 Å². The molecule has 2 heterocycles. The monoisotopic (exact) mass is 167 g/mol. The molecule has 0 saturated heterocycles. The Hall–Kier alpha value is -1.29. The summed E-state index contributed by atoms with van der Waals surface area (Å²) in [5, 5.41) is 4.17. The topological polar surface area (TPSA) is 46.0 Å². The molecule has 2 rings (SSSR count). The number of thiophene rings is 1. The van der Waals surface area contributed by atoms with Gasteiger partial charge in [-0.3, -0.25) is 4.79 Å². The van der Waals surface area contributed by atoms with Gasteiger partial charge in [-0.15, -0.1) is 11.3 Å². The molecule has 0 aliphatic rings. The van der Waals surface area contributed by atoms with Crippen LogP contribution in [0.2, 0.25) is 0 Å². The first kappa shape index (κ1) is 6.42. The Kier molecular flexibility index (Phi) is 1.40. The second-order valence-electron chi connectivity index (χ2n) is 2.05. The Morgan fingerprint density at radius 1 is 1.55 bits per heavy atom. The van der Waals surface area contributed by atoms with E-state index < -0.39 is 0 Å². The van der Waals surface area contributed by atoms with Crippen molar-refractivity contribution in [1.29, 1.82) is 0 Å². The Morgan fingerprint density at radius 3 is 3.00 bits per heavy atom. The summed E-state index contributed by atoms with van der Waals surface area (Å²) in [7, 11) is 0. The fourth-order valence-corrected chi connectivity index (χ4v) is 1.50. The second-order valence-corrected chi connectivity index (χ2v) is 3.00. The van der Waals surface area contributed by atoms with Gasteiger partial charge in [-0.05, 0) is 11.4 Å². The average molecular weight is 167 g/mol. The van der Waals surface area contributed by atoms with Crippen LogP contribution in [0.25, 0.3) is 10.6 Å². The number of H-pyrrole nitrogens is 1. The Balaban J connectivity index is 2.53. The summed E-state index contributed by atoms with van der Waals surface area (Å²) in [4.78, 5) is 11.6. The molecule has 0 amide bonds. The molecule has 0 spiro atoms. The highest BCUT2D eigenvalue weighted by Crippen LogP contribution is 2.22. The van der Waals surface area contributed by atoms with Gasteiger partial charge < -0.3 is 4.52 Å². The summed E-state index contributed by atoms with van der Waals surface area (Å²) in [6, 6.07) is 5.25. The molecule has 0 atom stereocenters. The van der Waals surface area contributed by atoms with Crippen LogP contribution < -0.4 is 5.56 Å². The van der Waals surface area contributed by atoms with Crippen molar-refractivity contribution in [3.63, 3.8) is 0 Å². The van der Waals surface area contributed by atoms with Crippen LogP contribution in [-0.2, 0) is 0 Å². The van der Waals surface area contributed by atoms with Crippen molar-refractivity contribution in [2.75, 3.05) is 0 Å². The molecule has 0 saturated carbocycles. The van der Waals surface area contributed by atoms with Gasteiger partial charge in [0.05, 0.1) is 10.9 Å². The van der Waals surface area contributed by atoms with Crippen molar-refractivity contribution in [3.05, 3.63) is 33.9 Å². The predicted octanol–water partition coefficient (Wildman–Crippen LogP) is 1.70. The maximum Gasteiger partial charge on any atom is 0.280 e. The van der Waals surface area contributed by atoms with Crippen LogP contribution in [0.3, 0.4) is 0 Å². The van der Waals surface area contributed by atoms with Crippen LogP contribution in [0, 0.1) is 0 Å². The Bertz CT molecular complexity index is 384. The lowest BCUT2D eigenvalue weighted by Gasteiger charge is -1.82. The summed E-state index contributed by atoms with van der Waals surface area (Å²) in [5.74, 6) is 0.602. The number of nitrogens with one attached hydrogen (secondary N) is 1. The SMILES string of the molecule is O=c1cc(-c2cccs2)o[nH]1. The normalized spacial score (nSPS) is 10.2. The summed E-state index contributed by atoms with van der Waals surface area (Å²) in [6.07, 6.45) is 0. The third kappa shape index (κ3) is 1.12. The lowest BCUT2D eigenvalue weighted by Crippen LogP contribution is -1.92. The maximum absolute atomic E-state index is 10.6. The molecule has 0 aromatic carbocycles. The van der Waals surface area contributed by atoms with Crippen LogP contribution in [0.1, 0.15) is 0 Å². The van der Waals surface area contributed by atoms with E-state index in [1.807, 2.05) is 17.5 Å². The van der Waals surface area contributed by atoms with Gasteiger partial charge in [-0.2, -0.15) is 5.16 Å². The van der Waals surface area contributed by atoms with Gasteiger partial charge in [0, 0.05) is 0 Å². The summed E-state index contributed by atoms with van der Waals surface area (Å²) in [6.45, 7) is 0. The van der Waals surface area contributed by atoms with Crippen molar-refractivity contribution >= 4 is 11.3 Å². The molecule has 2 aromatic heterocycles. The molecule has 0 aliphatic carbocycles. The number of rotatable bonds is 1. The van der Waals surface area contributed by atoms with Crippen LogP contribution in [0.15, 0.2) is 32.9 Å². The molecular formula is C7H5NO2S. The first-order valence-electron chi connectivity index (χ1n) is 3.08. The minimum absolute atomic E-state index is 0.201. The predicted molar refractivity (Wildman–Crippen MR) is 42.6 cm³/mol. The van der Waals surface area contributed by atoms with Crippen molar-refractivity contribution in [2.24, 2.45) is 0 Å². The fraction of sp³-hybridized carbons (Fsp3) is 0. The number of hydrogen-bond acceptors (Lipinski definition) is 3. The van der Waals surface area contributed by atoms with Crippen LogP contribution >= 0.6 is 11.3 Å². The standard InChI is InChI=1S/C7H5NO2S/c9-7-4-5(10-8-7)6-2-1-3-11-6/h1-4H,(H,8,9). The van der Waals surface area contributed by atoms with Gasteiger partial charge in [0.25, 0.3) is 5.56 Å². The molecule has 0 unspecified atom stereocenters. The first-order chi connectivity index (χ1) is 5.36. The van der Waals surface area contributed by atoms with Gasteiger partial charge in [-0.25, -0.2) is 0 Å². The smallest absolute Gasteiger partial charge is 0.280 e.